The maximum atomic E-state index is 12.8. The molecule has 2 aliphatic heterocycles. The van der Waals surface area contributed by atoms with Crippen molar-refractivity contribution in [1.82, 2.24) is 10.2 Å². The number of allylic oxidation sites excluding steroid dienone is 1. The van der Waals surface area contributed by atoms with Gasteiger partial charge in [0.15, 0.2) is 5.11 Å². The number of amides is 2. The molecule has 1 aromatic carbocycles. The first-order valence-electron chi connectivity index (χ1n) is 9.70. The molecule has 1 N–H and O–H groups in total. The van der Waals surface area contributed by atoms with Crippen LogP contribution in [0.4, 0.5) is 5.69 Å². The monoisotopic (exact) mass is 409 g/mol. The van der Waals surface area contributed by atoms with Crippen LogP contribution >= 0.6 is 12.2 Å². The number of nitrogens with one attached hydrogen (secondary N) is 1. The Labute approximate surface area is 177 Å². The zero-order valence-corrected chi connectivity index (χ0v) is 18.4. The summed E-state index contributed by atoms with van der Waals surface area (Å²) in [6.07, 6.45) is 5.46. The molecule has 0 radical (unpaired) electrons. The summed E-state index contributed by atoms with van der Waals surface area (Å²) in [7, 11) is 0. The lowest BCUT2D eigenvalue weighted by Gasteiger charge is -2.46. The second kappa shape index (κ2) is 7.59. The van der Waals surface area contributed by atoms with Crippen LogP contribution in [-0.4, -0.2) is 40.0 Å². The predicted octanol–water partition coefficient (Wildman–Crippen LogP) is 3.91. The molecule has 0 aromatic heterocycles. The van der Waals surface area contributed by atoms with E-state index in [0.29, 0.717) is 6.04 Å². The number of anilines is 1. The molecule has 0 unspecified atom stereocenters. The Hall–Kier alpha value is -2.73. The molecule has 0 spiro atoms. The molecule has 2 aliphatic rings. The smallest absolute Gasteiger partial charge is 0.265 e. The van der Waals surface area contributed by atoms with Crippen molar-refractivity contribution in [3.8, 4) is 0 Å². The fraction of sp³-hybridized carbons (Fsp3) is 0.348. The van der Waals surface area contributed by atoms with E-state index in [4.69, 9.17) is 12.2 Å². The van der Waals surface area contributed by atoms with Gasteiger partial charge >= 0.3 is 0 Å². The third kappa shape index (κ3) is 3.77. The lowest BCUT2D eigenvalue weighted by atomic mass is 9.86. The molecular weight excluding hydrogens is 382 g/mol. The second-order valence-corrected chi connectivity index (χ2v) is 8.63. The summed E-state index contributed by atoms with van der Waals surface area (Å²) in [6.45, 7) is 14.8. The van der Waals surface area contributed by atoms with Gasteiger partial charge in [0.1, 0.15) is 5.57 Å². The number of fused-ring (bicyclic) bond motifs is 1. The number of hydrogen-bond donors (Lipinski definition) is 1. The maximum Gasteiger partial charge on any atom is 0.265 e. The molecule has 0 saturated carbocycles. The van der Waals surface area contributed by atoms with E-state index in [1.165, 1.54) is 10.5 Å². The van der Waals surface area contributed by atoms with Crippen LogP contribution in [0, 0.1) is 0 Å². The van der Waals surface area contributed by atoms with E-state index < -0.39 is 11.8 Å². The number of benzene rings is 1. The van der Waals surface area contributed by atoms with Gasteiger partial charge in [-0.1, -0.05) is 18.2 Å². The number of carbonyl (C=O) groups is 2. The van der Waals surface area contributed by atoms with E-state index in [-0.39, 0.29) is 22.8 Å². The highest BCUT2D eigenvalue weighted by Gasteiger charge is 2.34. The van der Waals surface area contributed by atoms with Crippen LogP contribution in [0.5, 0.6) is 0 Å². The van der Waals surface area contributed by atoms with Crippen LogP contribution in [0.15, 0.2) is 42.5 Å². The van der Waals surface area contributed by atoms with Gasteiger partial charge < -0.3 is 4.90 Å². The second-order valence-electron chi connectivity index (χ2n) is 8.24. The summed E-state index contributed by atoms with van der Waals surface area (Å²) in [5, 5.41) is 2.69. The summed E-state index contributed by atoms with van der Waals surface area (Å²) in [5.41, 5.74) is 4.21. The van der Waals surface area contributed by atoms with E-state index in [1.807, 2.05) is 12.1 Å². The Morgan fingerprint density at radius 2 is 1.97 bits per heavy atom. The first kappa shape index (κ1) is 21.0. The summed E-state index contributed by atoms with van der Waals surface area (Å²) in [4.78, 5) is 28.9. The van der Waals surface area contributed by atoms with Crippen molar-refractivity contribution in [2.75, 3.05) is 11.4 Å². The quantitative estimate of drug-likeness (QED) is 0.355. The van der Waals surface area contributed by atoms with Crippen LogP contribution in [0.25, 0.3) is 11.6 Å². The van der Waals surface area contributed by atoms with E-state index in [2.05, 4.69) is 63.6 Å². The molecule has 0 bridgehead atoms. The first-order chi connectivity index (χ1) is 13.6. The molecule has 2 heterocycles. The van der Waals surface area contributed by atoms with E-state index in [9.17, 15) is 9.59 Å². The topological polar surface area (TPSA) is 52.7 Å². The molecule has 2 amide bonds. The molecule has 1 fully saturated rings. The summed E-state index contributed by atoms with van der Waals surface area (Å²) in [6, 6.07) is 6.37. The Morgan fingerprint density at radius 1 is 1.28 bits per heavy atom. The van der Waals surface area contributed by atoms with Gasteiger partial charge in [-0.25, -0.2) is 0 Å². The molecule has 1 aromatic rings. The molecule has 3 rings (SSSR count). The van der Waals surface area contributed by atoms with Crippen molar-refractivity contribution in [2.24, 2.45) is 0 Å². The van der Waals surface area contributed by atoms with Crippen molar-refractivity contribution < 1.29 is 9.59 Å². The largest absolute Gasteiger partial charge is 0.360 e. The Kier molecular flexibility index (Phi) is 5.50. The lowest BCUT2D eigenvalue weighted by Crippen LogP contribution is -2.53. The fourth-order valence-electron chi connectivity index (χ4n) is 4.26. The lowest BCUT2D eigenvalue weighted by molar-refractivity contribution is -0.128. The highest BCUT2D eigenvalue weighted by molar-refractivity contribution is 7.80. The van der Waals surface area contributed by atoms with Crippen molar-refractivity contribution in [3.63, 3.8) is 0 Å². The van der Waals surface area contributed by atoms with Gasteiger partial charge in [0, 0.05) is 23.8 Å². The summed E-state index contributed by atoms with van der Waals surface area (Å²) >= 11 is 5.10. The first-order valence-corrected chi connectivity index (χ1v) is 10.1. The van der Waals surface area contributed by atoms with Gasteiger partial charge in [-0.2, -0.15) is 0 Å². The number of thiocarbonyl (C=S) groups is 1. The molecule has 1 saturated heterocycles. The average Bonchev–Trinajstić information content (AvgIpc) is 2.61. The maximum absolute atomic E-state index is 12.8. The Bertz CT molecular complexity index is 972. The van der Waals surface area contributed by atoms with Gasteiger partial charge in [-0.3, -0.25) is 19.8 Å². The average molecular weight is 410 g/mol. The Morgan fingerprint density at radius 3 is 2.59 bits per heavy atom. The number of carbonyl (C=O) groups excluding carboxylic acids is 2. The van der Waals surface area contributed by atoms with Gasteiger partial charge in [0.05, 0.1) is 5.54 Å². The highest BCUT2D eigenvalue weighted by Crippen LogP contribution is 2.40. The van der Waals surface area contributed by atoms with Gasteiger partial charge in [0.25, 0.3) is 11.8 Å². The van der Waals surface area contributed by atoms with E-state index >= 15 is 0 Å². The van der Waals surface area contributed by atoms with Gasteiger partial charge in [-0.15, -0.1) is 6.58 Å². The normalized spacial score (nSPS) is 20.0. The fourth-order valence-corrected chi connectivity index (χ4v) is 4.51. The van der Waals surface area contributed by atoms with Crippen LogP contribution in [0.1, 0.15) is 45.7 Å². The summed E-state index contributed by atoms with van der Waals surface area (Å²) in [5.74, 6) is -0.885. The van der Waals surface area contributed by atoms with Gasteiger partial charge in [0.2, 0.25) is 0 Å². The SMILES string of the molecule is C=CCN1C(=O)/C(=C\c2ccc3c(c2)C(C)=CC(C)(C)N3C(C)C)C(=O)NC1=S. The van der Waals surface area contributed by atoms with Crippen molar-refractivity contribution in [1.29, 1.82) is 0 Å². The third-order valence-electron chi connectivity index (χ3n) is 5.22. The zero-order chi connectivity index (χ0) is 21.5. The molecular formula is C23H27N3O2S. The van der Waals surface area contributed by atoms with E-state index in [0.717, 1.165) is 16.8 Å². The standard InChI is InChI=1S/C23H27N3O2S/c1-7-10-25-21(28)18(20(27)24-22(25)29)12-16-8-9-19-17(11-16)15(4)13-23(5,6)26(19)14(2)3/h7-9,11-14H,1,10H2,2-6H3,(H,24,27,29)/b18-12-. The number of hydrogen-bond acceptors (Lipinski definition) is 4. The molecule has 6 heteroatoms. The van der Waals surface area contributed by atoms with E-state index in [1.54, 1.807) is 12.2 Å². The van der Waals surface area contributed by atoms with Gasteiger partial charge in [-0.05, 0) is 76.2 Å². The summed E-state index contributed by atoms with van der Waals surface area (Å²) < 4.78 is 0. The van der Waals surface area contributed by atoms with Crippen LogP contribution < -0.4 is 10.2 Å². The van der Waals surface area contributed by atoms with Crippen molar-refractivity contribution in [2.45, 2.75) is 46.2 Å². The number of nitrogens with zero attached hydrogens (tertiary/aromatic N) is 2. The van der Waals surface area contributed by atoms with Crippen LogP contribution in [0.3, 0.4) is 0 Å². The number of rotatable bonds is 4. The minimum atomic E-state index is -0.477. The molecule has 152 valence electrons. The molecule has 29 heavy (non-hydrogen) atoms. The molecule has 0 atom stereocenters. The highest BCUT2D eigenvalue weighted by atomic mass is 32.1. The zero-order valence-electron chi connectivity index (χ0n) is 17.6. The third-order valence-corrected chi connectivity index (χ3v) is 5.54. The minimum absolute atomic E-state index is 0.0684. The Balaban J connectivity index is 2.05. The molecule has 0 aliphatic carbocycles. The minimum Gasteiger partial charge on any atom is -0.360 e. The predicted molar refractivity (Wildman–Crippen MR) is 122 cm³/mol. The van der Waals surface area contributed by atoms with Crippen molar-refractivity contribution >= 4 is 46.5 Å². The van der Waals surface area contributed by atoms with Crippen LogP contribution in [-0.2, 0) is 9.59 Å². The molecule has 5 nitrogen and oxygen atoms in total. The van der Waals surface area contributed by atoms with Crippen molar-refractivity contribution in [3.05, 3.63) is 53.6 Å². The van der Waals surface area contributed by atoms with Crippen LogP contribution in [0.2, 0.25) is 0 Å².